The summed E-state index contributed by atoms with van der Waals surface area (Å²) >= 11 is 3.33. The highest BCUT2D eigenvalue weighted by atomic mass is 79.9. The SMILES string of the molecule is CC1(c2cccc(Br)c2)NC(=O)N(CC(=O)Nc2ccccc2F)C1=O. The standard InChI is InChI=1S/C18H15BrFN3O3/c1-18(11-5-4-6-12(19)9-11)16(25)23(17(26)22-18)10-15(24)21-14-8-3-2-7-13(14)20/h2-9H,10H2,1H3,(H,21,24)(H,22,26). The number of hydrogen-bond acceptors (Lipinski definition) is 3. The van der Waals surface area contributed by atoms with Crippen molar-refractivity contribution < 1.29 is 18.8 Å². The molecule has 0 saturated carbocycles. The third kappa shape index (κ3) is 3.32. The lowest BCUT2D eigenvalue weighted by atomic mass is 9.92. The minimum absolute atomic E-state index is 0.0145. The van der Waals surface area contributed by atoms with Gasteiger partial charge in [-0.25, -0.2) is 9.18 Å². The molecule has 0 aromatic heterocycles. The molecule has 1 fully saturated rings. The number of anilines is 1. The minimum atomic E-state index is -1.28. The quantitative estimate of drug-likeness (QED) is 0.747. The molecular formula is C18H15BrFN3O3. The van der Waals surface area contributed by atoms with Crippen LogP contribution in [0.4, 0.5) is 14.9 Å². The van der Waals surface area contributed by atoms with Gasteiger partial charge in [-0.2, -0.15) is 0 Å². The number of rotatable bonds is 4. The zero-order chi connectivity index (χ0) is 18.9. The number of carbonyl (C=O) groups is 3. The number of para-hydroxylation sites is 1. The number of hydrogen-bond donors (Lipinski definition) is 2. The summed E-state index contributed by atoms with van der Waals surface area (Å²) in [6, 6.07) is 12.0. The molecule has 1 atom stereocenters. The first-order chi connectivity index (χ1) is 12.3. The van der Waals surface area contributed by atoms with E-state index in [9.17, 15) is 18.8 Å². The van der Waals surface area contributed by atoms with E-state index in [1.165, 1.54) is 18.2 Å². The second-order valence-electron chi connectivity index (χ2n) is 5.98. The highest BCUT2D eigenvalue weighted by Gasteiger charge is 2.49. The van der Waals surface area contributed by atoms with Crippen molar-refractivity contribution in [3.63, 3.8) is 0 Å². The van der Waals surface area contributed by atoms with Gasteiger partial charge in [0.15, 0.2) is 0 Å². The number of benzene rings is 2. The van der Waals surface area contributed by atoms with Gasteiger partial charge in [0.05, 0.1) is 5.69 Å². The molecule has 1 heterocycles. The van der Waals surface area contributed by atoms with Gasteiger partial charge >= 0.3 is 6.03 Å². The van der Waals surface area contributed by atoms with Crippen LogP contribution in [0.1, 0.15) is 12.5 Å². The number of imide groups is 1. The van der Waals surface area contributed by atoms with Crippen LogP contribution in [-0.4, -0.2) is 29.3 Å². The van der Waals surface area contributed by atoms with Crippen molar-refractivity contribution in [1.82, 2.24) is 10.2 Å². The van der Waals surface area contributed by atoms with Gasteiger partial charge < -0.3 is 10.6 Å². The van der Waals surface area contributed by atoms with Crippen molar-refractivity contribution in [3.05, 3.63) is 64.4 Å². The van der Waals surface area contributed by atoms with Crippen LogP contribution in [-0.2, 0) is 15.1 Å². The van der Waals surface area contributed by atoms with Crippen molar-refractivity contribution >= 4 is 39.5 Å². The van der Waals surface area contributed by atoms with Crippen molar-refractivity contribution in [2.75, 3.05) is 11.9 Å². The molecule has 1 unspecified atom stereocenters. The lowest BCUT2D eigenvalue weighted by molar-refractivity contribution is -0.133. The Balaban J connectivity index is 1.77. The van der Waals surface area contributed by atoms with Gasteiger partial charge in [0.1, 0.15) is 17.9 Å². The molecule has 134 valence electrons. The maximum absolute atomic E-state index is 13.6. The van der Waals surface area contributed by atoms with Crippen LogP contribution in [0.15, 0.2) is 53.0 Å². The number of nitrogens with zero attached hydrogens (tertiary/aromatic N) is 1. The van der Waals surface area contributed by atoms with Gasteiger partial charge in [0.25, 0.3) is 5.91 Å². The molecule has 4 amide bonds. The van der Waals surface area contributed by atoms with Crippen molar-refractivity contribution in [1.29, 1.82) is 0 Å². The van der Waals surface area contributed by atoms with Gasteiger partial charge in [-0.05, 0) is 36.8 Å². The maximum atomic E-state index is 13.6. The molecule has 2 N–H and O–H groups in total. The van der Waals surface area contributed by atoms with Gasteiger partial charge in [-0.3, -0.25) is 14.5 Å². The summed E-state index contributed by atoms with van der Waals surface area (Å²) in [7, 11) is 0. The summed E-state index contributed by atoms with van der Waals surface area (Å²) in [5, 5.41) is 4.98. The highest BCUT2D eigenvalue weighted by molar-refractivity contribution is 9.10. The molecule has 0 spiro atoms. The zero-order valence-electron chi connectivity index (χ0n) is 13.8. The van der Waals surface area contributed by atoms with Crippen LogP contribution in [0.5, 0.6) is 0 Å². The average molecular weight is 420 g/mol. The molecule has 26 heavy (non-hydrogen) atoms. The number of carbonyl (C=O) groups excluding carboxylic acids is 3. The number of nitrogens with one attached hydrogen (secondary N) is 2. The predicted octanol–water partition coefficient (Wildman–Crippen LogP) is 2.99. The van der Waals surface area contributed by atoms with E-state index >= 15 is 0 Å². The first-order valence-electron chi connectivity index (χ1n) is 7.76. The molecule has 1 aliphatic heterocycles. The summed E-state index contributed by atoms with van der Waals surface area (Å²) in [6.45, 7) is 1.06. The fourth-order valence-corrected chi connectivity index (χ4v) is 3.13. The van der Waals surface area contributed by atoms with Gasteiger partial charge in [0, 0.05) is 4.47 Å². The van der Waals surface area contributed by atoms with Crippen molar-refractivity contribution in [2.45, 2.75) is 12.5 Å². The Kier molecular flexibility index (Phi) is 4.78. The zero-order valence-corrected chi connectivity index (χ0v) is 15.3. The lowest BCUT2D eigenvalue weighted by Crippen LogP contribution is -2.42. The number of urea groups is 1. The van der Waals surface area contributed by atoms with Gasteiger partial charge in [0.2, 0.25) is 5.91 Å². The Hall–Kier alpha value is -2.74. The van der Waals surface area contributed by atoms with Gasteiger partial charge in [-0.1, -0.05) is 40.2 Å². The predicted molar refractivity (Wildman–Crippen MR) is 96.8 cm³/mol. The van der Waals surface area contributed by atoms with Crippen LogP contribution in [0.2, 0.25) is 0 Å². The minimum Gasteiger partial charge on any atom is -0.322 e. The van der Waals surface area contributed by atoms with Crippen molar-refractivity contribution in [2.24, 2.45) is 0 Å². The second kappa shape index (κ2) is 6.87. The Labute approximate surface area is 157 Å². The van der Waals surface area contributed by atoms with E-state index in [1.54, 1.807) is 37.3 Å². The third-order valence-electron chi connectivity index (χ3n) is 4.13. The number of amides is 4. The van der Waals surface area contributed by atoms with Crippen LogP contribution < -0.4 is 10.6 Å². The molecule has 1 saturated heterocycles. The normalized spacial score (nSPS) is 19.4. The van der Waals surface area contributed by atoms with E-state index in [4.69, 9.17) is 0 Å². The summed E-state index contributed by atoms with van der Waals surface area (Å²) in [6.07, 6.45) is 0. The van der Waals surface area contributed by atoms with E-state index in [0.29, 0.717) is 5.56 Å². The average Bonchev–Trinajstić information content (AvgIpc) is 2.81. The Bertz CT molecular complexity index is 905. The molecule has 0 radical (unpaired) electrons. The summed E-state index contributed by atoms with van der Waals surface area (Å²) in [5.74, 6) is -1.82. The van der Waals surface area contributed by atoms with Crippen LogP contribution in [0.3, 0.4) is 0 Å². The maximum Gasteiger partial charge on any atom is 0.325 e. The monoisotopic (exact) mass is 419 g/mol. The van der Waals surface area contributed by atoms with E-state index < -0.39 is 35.7 Å². The summed E-state index contributed by atoms with van der Waals surface area (Å²) < 4.78 is 14.4. The highest BCUT2D eigenvalue weighted by Crippen LogP contribution is 2.30. The third-order valence-corrected chi connectivity index (χ3v) is 4.62. The van der Waals surface area contributed by atoms with E-state index in [0.717, 1.165) is 9.37 Å². The molecule has 6 nitrogen and oxygen atoms in total. The molecule has 8 heteroatoms. The van der Waals surface area contributed by atoms with Crippen molar-refractivity contribution in [3.8, 4) is 0 Å². The molecule has 3 rings (SSSR count). The number of halogens is 2. The first-order valence-corrected chi connectivity index (χ1v) is 8.55. The second-order valence-corrected chi connectivity index (χ2v) is 6.90. The summed E-state index contributed by atoms with van der Waals surface area (Å²) in [5.41, 5.74) is -0.708. The van der Waals surface area contributed by atoms with Crippen LogP contribution in [0, 0.1) is 5.82 Å². The Morgan fingerprint density at radius 2 is 1.96 bits per heavy atom. The fourth-order valence-electron chi connectivity index (χ4n) is 2.73. The van der Waals surface area contributed by atoms with Crippen LogP contribution in [0.25, 0.3) is 0 Å². The van der Waals surface area contributed by atoms with E-state index in [2.05, 4.69) is 26.6 Å². The topological polar surface area (TPSA) is 78.5 Å². The molecule has 2 aromatic rings. The molecule has 1 aliphatic rings. The molecule has 0 bridgehead atoms. The Morgan fingerprint density at radius 3 is 2.65 bits per heavy atom. The van der Waals surface area contributed by atoms with Gasteiger partial charge in [-0.15, -0.1) is 0 Å². The molecule has 2 aromatic carbocycles. The Morgan fingerprint density at radius 1 is 1.23 bits per heavy atom. The van der Waals surface area contributed by atoms with E-state index in [-0.39, 0.29) is 5.69 Å². The van der Waals surface area contributed by atoms with E-state index in [1.807, 2.05) is 0 Å². The molecular weight excluding hydrogens is 405 g/mol. The largest absolute Gasteiger partial charge is 0.325 e. The fraction of sp³-hybridized carbons (Fsp3) is 0.167. The van der Waals surface area contributed by atoms with Crippen LogP contribution >= 0.6 is 15.9 Å². The molecule has 0 aliphatic carbocycles. The smallest absolute Gasteiger partial charge is 0.322 e. The summed E-state index contributed by atoms with van der Waals surface area (Å²) in [4.78, 5) is 38.0. The lowest BCUT2D eigenvalue weighted by Gasteiger charge is -2.22. The first kappa shape index (κ1) is 18.1.